The first-order chi connectivity index (χ1) is 19.2. The molecule has 1 atom stereocenters. The van der Waals surface area contributed by atoms with Crippen LogP contribution < -0.4 is 24.4 Å². The van der Waals surface area contributed by atoms with Crippen LogP contribution in [0.4, 0.5) is 0 Å². The van der Waals surface area contributed by atoms with E-state index in [9.17, 15) is 9.59 Å². The third kappa shape index (κ3) is 6.15. The van der Waals surface area contributed by atoms with Crippen LogP contribution in [0, 0.1) is 12.3 Å². The largest absolute Gasteiger partial charge is 0.490 e. The summed E-state index contributed by atoms with van der Waals surface area (Å²) in [4.78, 5) is 33.4. The number of hydrogen-bond donors (Lipinski definition) is 0. The Morgan fingerprint density at radius 2 is 2.00 bits per heavy atom. The number of terminal acetylenes is 1. The van der Waals surface area contributed by atoms with E-state index in [1.54, 1.807) is 55.3 Å². The van der Waals surface area contributed by atoms with Crippen molar-refractivity contribution in [2.45, 2.75) is 44.7 Å². The molecule has 3 aromatic rings. The minimum atomic E-state index is -0.692. The minimum absolute atomic E-state index is 0.0383. The average Bonchev–Trinajstić information content (AvgIpc) is 3.21. The number of nitrogens with zero attached hydrogens (tertiary/aromatic N) is 2. The average molecular weight is 597 g/mol. The van der Waals surface area contributed by atoms with Gasteiger partial charge in [-0.15, -0.1) is 18.2 Å². The SMILES string of the molecule is C#CCOc1c(Cl)cc(/C=c2\sc3n(c2=O)[C@H](c2ccc(SC)cc2)C(C(=O)OC(C)C)=C(C)N=3)cc1OCC. The fourth-order valence-electron chi connectivity index (χ4n) is 4.30. The van der Waals surface area contributed by atoms with Crippen molar-refractivity contribution in [2.24, 2.45) is 4.99 Å². The molecule has 0 fully saturated rings. The number of aromatic nitrogens is 1. The number of carbonyl (C=O) groups is 1. The number of allylic oxidation sites excluding steroid dienone is 1. The maximum absolute atomic E-state index is 13.9. The number of benzene rings is 2. The molecule has 1 aliphatic rings. The Bertz CT molecular complexity index is 1680. The minimum Gasteiger partial charge on any atom is -0.490 e. The number of rotatable bonds is 9. The van der Waals surface area contributed by atoms with Gasteiger partial charge in [-0.3, -0.25) is 9.36 Å². The van der Waals surface area contributed by atoms with Crippen molar-refractivity contribution in [3.8, 4) is 23.8 Å². The van der Waals surface area contributed by atoms with E-state index in [1.807, 2.05) is 37.4 Å². The van der Waals surface area contributed by atoms with Crippen LogP contribution in [0.5, 0.6) is 11.5 Å². The Morgan fingerprint density at radius 1 is 1.27 bits per heavy atom. The van der Waals surface area contributed by atoms with E-state index in [2.05, 4.69) is 10.9 Å². The predicted octanol–water partition coefficient (Wildman–Crippen LogP) is 4.97. The molecule has 0 bridgehead atoms. The summed E-state index contributed by atoms with van der Waals surface area (Å²) in [7, 11) is 0. The highest BCUT2D eigenvalue weighted by Gasteiger charge is 2.33. The van der Waals surface area contributed by atoms with E-state index < -0.39 is 12.0 Å². The molecular weight excluding hydrogens is 568 g/mol. The van der Waals surface area contributed by atoms with Gasteiger partial charge in [-0.2, -0.15) is 0 Å². The van der Waals surface area contributed by atoms with E-state index in [1.165, 1.54) is 11.3 Å². The number of ether oxygens (including phenoxy) is 3. The van der Waals surface area contributed by atoms with E-state index in [0.717, 1.165) is 10.5 Å². The number of thiazole rings is 1. The van der Waals surface area contributed by atoms with Gasteiger partial charge in [0.25, 0.3) is 5.56 Å². The van der Waals surface area contributed by atoms with E-state index in [4.69, 9.17) is 32.2 Å². The summed E-state index contributed by atoms with van der Waals surface area (Å²) in [5.74, 6) is 2.68. The van der Waals surface area contributed by atoms with Crippen LogP contribution in [0.15, 0.2) is 62.4 Å². The standard InChI is InChI=1S/C30H29ClN2O5S2/c1-7-13-37-27-22(31)14-19(15-23(27)36-8-2)16-24-28(34)33-26(20-9-11-21(39-6)12-10-20)25(29(35)38-17(3)4)18(5)32-30(33)40-24/h1,9-12,14-17,26H,8,13H2,2-6H3/b24-16-/t26-/m1/s1. The quantitative estimate of drug-likeness (QED) is 0.197. The summed E-state index contributed by atoms with van der Waals surface area (Å²) >= 11 is 9.35. The van der Waals surface area contributed by atoms with Crippen LogP contribution in [0.25, 0.3) is 6.08 Å². The summed E-state index contributed by atoms with van der Waals surface area (Å²) in [6, 6.07) is 10.5. The third-order valence-electron chi connectivity index (χ3n) is 5.95. The molecule has 10 heteroatoms. The Morgan fingerprint density at radius 3 is 2.62 bits per heavy atom. The van der Waals surface area contributed by atoms with Crippen molar-refractivity contribution < 1.29 is 19.0 Å². The van der Waals surface area contributed by atoms with E-state index in [0.29, 0.717) is 49.3 Å². The van der Waals surface area contributed by atoms with Gasteiger partial charge in [0.1, 0.15) is 6.61 Å². The van der Waals surface area contributed by atoms with Crippen molar-refractivity contribution in [1.29, 1.82) is 0 Å². The van der Waals surface area contributed by atoms with E-state index in [-0.39, 0.29) is 18.3 Å². The van der Waals surface area contributed by atoms with Crippen molar-refractivity contribution in [2.75, 3.05) is 19.5 Å². The molecule has 1 aliphatic heterocycles. The van der Waals surface area contributed by atoms with Crippen molar-refractivity contribution in [1.82, 2.24) is 4.57 Å². The molecule has 208 valence electrons. The summed E-state index contributed by atoms with van der Waals surface area (Å²) in [5, 5.41) is 0.307. The molecule has 0 spiro atoms. The second-order valence-corrected chi connectivity index (χ2v) is 11.4. The van der Waals surface area contributed by atoms with Crippen LogP contribution in [0.2, 0.25) is 5.02 Å². The zero-order valence-electron chi connectivity index (χ0n) is 22.8. The molecule has 1 aromatic heterocycles. The van der Waals surface area contributed by atoms with Gasteiger partial charge in [0.15, 0.2) is 16.3 Å². The number of esters is 1. The molecule has 40 heavy (non-hydrogen) atoms. The second kappa shape index (κ2) is 12.8. The fraction of sp³-hybridized carbons (Fsp3) is 0.300. The highest BCUT2D eigenvalue weighted by Crippen LogP contribution is 2.37. The monoisotopic (exact) mass is 596 g/mol. The zero-order valence-corrected chi connectivity index (χ0v) is 25.2. The number of fused-ring (bicyclic) bond motifs is 1. The molecule has 0 saturated heterocycles. The highest BCUT2D eigenvalue weighted by molar-refractivity contribution is 7.98. The number of carbonyl (C=O) groups excluding carboxylic acids is 1. The lowest BCUT2D eigenvalue weighted by molar-refractivity contribution is -0.143. The molecule has 0 N–H and O–H groups in total. The van der Waals surface area contributed by atoms with Crippen LogP contribution in [-0.2, 0) is 9.53 Å². The maximum Gasteiger partial charge on any atom is 0.338 e. The van der Waals surface area contributed by atoms with Gasteiger partial charge in [0.2, 0.25) is 0 Å². The van der Waals surface area contributed by atoms with Crippen molar-refractivity contribution >= 4 is 46.7 Å². The van der Waals surface area contributed by atoms with Gasteiger partial charge in [-0.05, 0) is 75.4 Å². The van der Waals surface area contributed by atoms with Gasteiger partial charge >= 0.3 is 5.97 Å². The molecule has 0 aliphatic carbocycles. The van der Waals surface area contributed by atoms with Crippen LogP contribution in [0.3, 0.4) is 0 Å². The lowest BCUT2D eigenvalue weighted by Gasteiger charge is -2.25. The molecular formula is C30H29ClN2O5S2. The Hall–Kier alpha value is -3.45. The van der Waals surface area contributed by atoms with E-state index >= 15 is 0 Å². The third-order valence-corrected chi connectivity index (χ3v) is 7.95. The second-order valence-electron chi connectivity index (χ2n) is 9.06. The number of thioether (sulfide) groups is 1. The molecule has 2 aromatic carbocycles. The normalized spacial score (nSPS) is 14.9. The molecule has 0 amide bonds. The lowest BCUT2D eigenvalue weighted by Crippen LogP contribution is -2.40. The first-order valence-corrected chi connectivity index (χ1v) is 15.0. The molecule has 7 nitrogen and oxygen atoms in total. The van der Waals surface area contributed by atoms with Crippen molar-refractivity contribution in [3.63, 3.8) is 0 Å². The Labute approximate surface area is 246 Å². The summed E-state index contributed by atoms with van der Waals surface area (Å²) in [5.41, 5.74) is 1.98. The van der Waals surface area contributed by atoms with Crippen LogP contribution in [0.1, 0.15) is 44.9 Å². The van der Waals surface area contributed by atoms with Gasteiger partial charge in [-0.25, -0.2) is 9.79 Å². The molecule has 2 heterocycles. The molecule has 0 radical (unpaired) electrons. The number of halogens is 1. The van der Waals surface area contributed by atoms with Crippen LogP contribution in [-0.4, -0.2) is 36.1 Å². The first-order valence-electron chi connectivity index (χ1n) is 12.6. The summed E-state index contributed by atoms with van der Waals surface area (Å²) in [6.07, 6.45) is 8.72. The smallest absolute Gasteiger partial charge is 0.338 e. The summed E-state index contributed by atoms with van der Waals surface area (Å²) in [6.45, 7) is 7.61. The maximum atomic E-state index is 13.9. The van der Waals surface area contributed by atoms with Gasteiger partial charge in [0.05, 0.1) is 39.6 Å². The zero-order chi connectivity index (χ0) is 29.0. The summed E-state index contributed by atoms with van der Waals surface area (Å²) < 4.78 is 18.9. The fourth-order valence-corrected chi connectivity index (χ4v) is 6.03. The Balaban J connectivity index is 1.90. The first kappa shape index (κ1) is 29.5. The van der Waals surface area contributed by atoms with Crippen LogP contribution >= 0.6 is 34.7 Å². The predicted molar refractivity (Wildman–Crippen MR) is 160 cm³/mol. The van der Waals surface area contributed by atoms with Gasteiger partial charge in [0, 0.05) is 4.90 Å². The molecule has 0 unspecified atom stereocenters. The molecule has 4 rings (SSSR count). The van der Waals surface area contributed by atoms with Crippen molar-refractivity contribution in [3.05, 3.63) is 83.5 Å². The Kier molecular flexibility index (Phi) is 9.46. The lowest BCUT2D eigenvalue weighted by atomic mass is 9.96. The number of hydrogen-bond acceptors (Lipinski definition) is 8. The topological polar surface area (TPSA) is 79.1 Å². The molecule has 0 saturated carbocycles. The highest BCUT2D eigenvalue weighted by atomic mass is 35.5. The van der Waals surface area contributed by atoms with Gasteiger partial charge in [-0.1, -0.05) is 41.0 Å². The van der Waals surface area contributed by atoms with Gasteiger partial charge < -0.3 is 14.2 Å².